The van der Waals surface area contributed by atoms with Gasteiger partial charge in [0.05, 0.1) is 25.5 Å². The van der Waals surface area contributed by atoms with E-state index < -0.39 is 0 Å². The van der Waals surface area contributed by atoms with Gasteiger partial charge in [0, 0.05) is 35.1 Å². The molecule has 0 spiro atoms. The summed E-state index contributed by atoms with van der Waals surface area (Å²) >= 11 is 0. The number of carbonyl (C=O) groups excluding carboxylic acids is 1. The van der Waals surface area contributed by atoms with Crippen molar-refractivity contribution in [2.45, 2.75) is 31.6 Å². The highest BCUT2D eigenvalue weighted by Crippen LogP contribution is 2.50. The summed E-state index contributed by atoms with van der Waals surface area (Å²) in [5, 5.41) is 7.55. The van der Waals surface area contributed by atoms with Gasteiger partial charge in [-0.15, -0.1) is 0 Å². The van der Waals surface area contributed by atoms with Crippen molar-refractivity contribution in [2.75, 3.05) is 19.5 Å². The van der Waals surface area contributed by atoms with Crippen LogP contribution in [0.1, 0.15) is 47.1 Å². The second kappa shape index (κ2) is 7.61. The number of ketones is 1. The van der Waals surface area contributed by atoms with Crippen LogP contribution in [0.5, 0.6) is 11.5 Å². The van der Waals surface area contributed by atoms with Crippen molar-refractivity contribution in [3.8, 4) is 11.5 Å². The summed E-state index contributed by atoms with van der Waals surface area (Å²) in [5.74, 6) is 2.05. The van der Waals surface area contributed by atoms with Gasteiger partial charge in [-0.05, 0) is 37.1 Å². The molecule has 5 rings (SSSR count). The molecular weight excluding hydrogens is 392 g/mol. The van der Waals surface area contributed by atoms with Gasteiger partial charge in [0.1, 0.15) is 11.5 Å². The number of ether oxygens (including phenoxy) is 2. The van der Waals surface area contributed by atoms with Crippen LogP contribution in [0.15, 0.2) is 64.3 Å². The summed E-state index contributed by atoms with van der Waals surface area (Å²) in [7, 11) is 3.29. The Hall–Kier alpha value is -3.54. The number of fused-ring (bicyclic) bond motifs is 1. The number of allylic oxidation sites excluding steroid dienone is 2. The number of hydrogen-bond acceptors (Lipinski definition) is 6. The van der Waals surface area contributed by atoms with Gasteiger partial charge in [0.15, 0.2) is 5.78 Å². The number of carbonyl (C=O) groups is 1. The molecule has 1 N–H and O–H groups in total. The molecule has 2 aliphatic rings. The summed E-state index contributed by atoms with van der Waals surface area (Å²) in [6.45, 7) is 1.92. The molecule has 2 aromatic carbocycles. The first kappa shape index (κ1) is 19.4. The lowest BCUT2D eigenvalue weighted by atomic mass is 9.72. The van der Waals surface area contributed by atoms with Gasteiger partial charge in [-0.25, -0.2) is 0 Å². The monoisotopic (exact) mass is 416 g/mol. The highest BCUT2D eigenvalue weighted by molar-refractivity contribution is 6.01. The minimum atomic E-state index is -0.181. The molecular formula is C25H24N2O4. The Morgan fingerprint density at radius 1 is 1.06 bits per heavy atom. The first-order valence-corrected chi connectivity index (χ1v) is 10.4. The van der Waals surface area contributed by atoms with Gasteiger partial charge in [0.2, 0.25) is 5.88 Å². The molecule has 0 fully saturated rings. The number of rotatable bonds is 4. The molecule has 158 valence electrons. The van der Waals surface area contributed by atoms with E-state index in [1.54, 1.807) is 14.2 Å². The van der Waals surface area contributed by atoms with Gasteiger partial charge < -0.3 is 19.3 Å². The molecule has 0 bridgehead atoms. The molecule has 6 heteroatoms. The maximum atomic E-state index is 13.6. The largest absolute Gasteiger partial charge is 0.497 e. The van der Waals surface area contributed by atoms with Gasteiger partial charge in [-0.2, -0.15) is 0 Å². The highest BCUT2D eigenvalue weighted by atomic mass is 16.5. The van der Waals surface area contributed by atoms with Crippen LogP contribution in [0.25, 0.3) is 0 Å². The molecule has 6 nitrogen and oxygen atoms in total. The SMILES string of the molecule is COc1ccc(OC)c(C2CC(=O)C3=C(C2)Nc2onc(C)c2C3c2ccccc2)c1. The van der Waals surface area contributed by atoms with Gasteiger partial charge in [-0.1, -0.05) is 35.5 Å². The molecule has 3 aromatic rings. The van der Waals surface area contributed by atoms with Gasteiger partial charge in [-0.3, -0.25) is 4.79 Å². The number of Topliss-reactive ketones (excluding diaryl/α,β-unsaturated/α-hetero) is 1. The molecule has 1 aliphatic heterocycles. The first-order valence-electron chi connectivity index (χ1n) is 10.4. The minimum absolute atomic E-state index is 0.0224. The van der Waals surface area contributed by atoms with Crippen molar-refractivity contribution in [1.82, 2.24) is 5.16 Å². The van der Waals surface area contributed by atoms with Gasteiger partial charge >= 0.3 is 0 Å². The Bertz CT molecular complexity index is 1180. The van der Waals surface area contributed by atoms with Crippen LogP contribution >= 0.6 is 0 Å². The van der Waals surface area contributed by atoms with E-state index in [1.807, 2.05) is 43.3 Å². The van der Waals surface area contributed by atoms with Crippen molar-refractivity contribution in [1.29, 1.82) is 0 Å². The van der Waals surface area contributed by atoms with E-state index in [-0.39, 0.29) is 17.6 Å². The topological polar surface area (TPSA) is 73.6 Å². The smallest absolute Gasteiger partial charge is 0.233 e. The van der Waals surface area contributed by atoms with Crippen LogP contribution in [0.2, 0.25) is 0 Å². The number of nitrogens with zero attached hydrogens (tertiary/aromatic N) is 1. The predicted octanol–water partition coefficient (Wildman–Crippen LogP) is 4.96. The second-order valence-corrected chi connectivity index (χ2v) is 8.01. The molecule has 1 aliphatic carbocycles. The van der Waals surface area contributed by atoms with Crippen LogP contribution in [0.4, 0.5) is 5.88 Å². The molecule has 0 saturated carbocycles. The second-order valence-electron chi connectivity index (χ2n) is 8.01. The molecule has 2 unspecified atom stereocenters. The van der Waals surface area contributed by atoms with E-state index in [9.17, 15) is 4.79 Å². The zero-order chi connectivity index (χ0) is 21.5. The lowest BCUT2D eigenvalue weighted by Gasteiger charge is -2.34. The fourth-order valence-electron chi connectivity index (χ4n) is 4.83. The van der Waals surface area contributed by atoms with E-state index >= 15 is 0 Å². The predicted molar refractivity (Wildman–Crippen MR) is 117 cm³/mol. The molecule has 31 heavy (non-hydrogen) atoms. The third kappa shape index (κ3) is 3.19. The van der Waals surface area contributed by atoms with Gasteiger partial charge in [0.25, 0.3) is 0 Å². The quantitative estimate of drug-likeness (QED) is 0.648. The molecule has 1 aromatic heterocycles. The summed E-state index contributed by atoms with van der Waals surface area (Å²) in [5.41, 5.74) is 5.48. The van der Waals surface area contributed by atoms with Crippen molar-refractivity contribution < 1.29 is 18.8 Å². The van der Waals surface area contributed by atoms with Crippen molar-refractivity contribution in [3.63, 3.8) is 0 Å². The number of methoxy groups -OCH3 is 2. The van der Waals surface area contributed by atoms with Crippen molar-refractivity contribution in [3.05, 3.63) is 82.2 Å². The summed E-state index contributed by atoms with van der Waals surface area (Å²) in [6, 6.07) is 15.8. The third-order valence-electron chi connectivity index (χ3n) is 6.27. The molecule has 0 amide bonds. The zero-order valence-corrected chi connectivity index (χ0v) is 17.8. The Labute approximate surface area is 180 Å². The van der Waals surface area contributed by atoms with E-state index in [4.69, 9.17) is 14.0 Å². The fraction of sp³-hybridized carbons (Fsp3) is 0.280. The molecule has 2 heterocycles. The lowest BCUT2D eigenvalue weighted by molar-refractivity contribution is -0.116. The van der Waals surface area contributed by atoms with E-state index in [0.29, 0.717) is 18.7 Å². The van der Waals surface area contributed by atoms with E-state index in [1.165, 1.54) is 0 Å². The summed E-state index contributed by atoms with van der Waals surface area (Å²) < 4.78 is 16.6. The van der Waals surface area contributed by atoms with Crippen LogP contribution in [-0.4, -0.2) is 25.2 Å². The van der Waals surface area contributed by atoms with Crippen LogP contribution in [0.3, 0.4) is 0 Å². The maximum absolute atomic E-state index is 13.6. The maximum Gasteiger partial charge on any atom is 0.233 e. The van der Waals surface area contributed by atoms with Crippen LogP contribution in [-0.2, 0) is 4.79 Å². The van der Waals surface area contributed by atoms with Crippen molar-refractivity contribution >= 4 is 11.7 Å². The number of aromatic nitrogens is 1. The fourth-order valence-corrected chi connectivity index (χ4v) is 4.83. The Morgan fingerprint density at radius 2 is 1.87 bits per heavy atom. The van der Waals surface area contributed by atoms with E-state index in [2.05, 4.69) is 22.6 Å². The lowest BCUT2D eigenvalue weighted by Crippen LogP contribution is -2.29. The Balaban J connectivity index is 1.61. The summed E-state index contributed by atoms with van der Waals surface area (Å²) in [4.78, 5) is 13.6. The van der Waals surface area contributed by atoms with Crippen LogP contribution < -0.4 is 14.8 Å². The summed E-state index contributed by atoms with van der Waals surface area (Å²) in [6.07, 6.45) is 1.08. The Kier molecular flexibility index (Phi) is 4.77. The number of nitrogens with one attached hydrogen (secondary N) is 1. The standard InChI is InChI=1S/C25H24N2O4/c1-14-22-23(15-7-5-4-6-8-15)24-19(26-25(22)31-27-14)11-16(12-20(24)28)18-13-17(29-2)9-10-21(18)30-3/h4-10,13,16,23,26H,11-12H2,1-3H3. The zero-order valence-electron chi connectivity index (χ0n) is 17.8. The highest BCUT2D eigenvalue weighted by Gasteiger charge is 2.41. The number of benzene rings is 2. The number of aryl methyl sites for hydroxylation is 1. The number of hydrogen-bond donors (Lipinski definition) is 1. The minimum Gasteiger partial charge on any atom is -0.497 e. The molecule has 2 atom stereocenters. The molecule has 0 radical (unpaired) electrons. The normalized spacial score (nSPS) is 20.0. The average molecular weight is 416 g/mol. The van der Waals surface area contributed by atoms with Crippen molar-refractivity contribution in [2.24, 2.45) is 0 Å². The van der Waals surface area contributed by atoms with E-state index in [0.717, 1.165) is 45.2 Å². The third-order valence-corrected chi connectivity index (χ3v) is 6.27. The first-order chi connectivity index (χ1) is 15.1. The Morgan fingerprint density at radius 3 is 2.61 bits per heavy atom. The number of anilines is 1. The molecule has 0 saturated heterocycles. The van der Waals surface area contributed by atoms with Crippen LogP contribution in [0, 0.1) is 6.92 Å². The average Bonchev–Trinajstić information content (AvgIpc) is 3.17.